The van der Waals surface area contributed by atoms with Crippen LogP contribution in [0, 0.1) is 6.92 Å². The normalized spacial score (nSPS) is 13.8. The van der Waals surface area contributed by atoms with Crippen molar-refractivity contribution in [1.29, 1.82) is 0 Å². The molecule has 0 heterocycles. The average Bonchev–Trinajstić information content (AvgIpc) is 2.37. The maximum atomic E-state index is 11.9. The number of benzene rings is 1. The summed E-state index contributed by atoms with van der Waals surface area (Å²) < 4.78 is 5.30. The van der Waals surface area contributed by atoms with E-state index in [2.05, 4.69) is 17.9 Å². The smallest absolute Gasteiger partial charge is 0.329 e. The molecule has 0 radical (unpaired) electrons. The van der Waals surface area contributed by atoms with Crippen LogP contribution in [-0.2, 0) is 9.53 Å². The van der Waals surface area contributed by atoms with Gasteiger partial charge in [-0.2, -0.15) is 12.6 Å². The van der Waals surface area contributed by atoms with Gasteiger partial charge in [0.25, 0.3) is 0 Å². The highest BCUT2D eigenvalue weighted by Gasteiger charge is 2.19. The van der Waals surface area contributed by atoms with Crippen molar-refractivity contribution in [2.75, 3.05) is 11.1 Å². The van der Waals surface area contributed by atoms with Gasteiger partial charge < -0.3 is 10.1 Å². The number of rotatable bonds is 6. The largest absolute Gasteiger partial charge is 0.461 e. The van der Waals surface area contributed by atoms with Gasteiger partial charge in [-0.15, -0.1) is 0 Å². The fourth-order valence-corrected chi connectivity index (χ4v) is 1.63. The molecule has 0 amide bonds. The molecule has 1 aromatic carbocycles. The standard InChI is InChI=1S/C14H21NO2S/c1-4-11(3)17-14(16)13(9-18)15-12-7-5-10(2)6-8-12/h5-8,11,13,15,18H,4,9H2,1-3H3/t11?,13-/m0/s1. The molecule has 1 rings (SSSR count). The molecule has 18 heavy (non-hydrogen) atoms. The Labute approximate surface area is 114 Å². The van der Waals surface area contributed by atoms with Crippen molar-refractivity contribution in [1.82, 2.24) is 0 Å². The quantitative estimate of drug-likeness (QED) is 0.614. The first-order valence-corrected chi connectivity index (χ1v) is 6.84. The zero-order valence-corrected chi connectivity index (χ0v) is 12.0. The molecular weight excluding hydrogens is 246 g/mol. The number of hydrogen-bond donors (Lipinski definition) is 2. The first-order chi connectivity index (χ1) is 8.56. The van der Waals surface area contributed by atoms with Gasteiger partial charge in [0.15, 0.2) is 0 Å². The van der Waals surface area contributed by atoms with Gasteiger partial charge >= 0.3 is 5.97 Å². The molecule has 4 heteroatoms. The van der Waals surface area contributed by atoms with Gasteiger partial charge in [-0.1, -0.05) is 24.6 Å². The minimum Gasteiger partial charge on any atom is -0.461 e. The highest BCUT2D eigenvalue weighted by atomic mass is 32.1. The lowest BCUT2D eigenvalue weighted by atomic mass is 10.2. The topological polar surface area (TPSA) is 38.3 Å². The van der Waals surface area contributed by atoms with Gasteiger partial charge in [0.2, 0.25) is 0 Å². The van der Waals surface area contributed by atoms with Gasteiger partial charge in [0, 0.05) is 11.4 Å². The Bertz CT molecular complexity index is 378. The van der Waals surface area contributed by atoms with Gasteiger partial charge in [-0.25, -0.2) is 4.79 Å². The van der Waals surface area contributed by atoms with E-state index in [4.69, 9.17) is 4.74 Å². The third kappa shape index (κ3) is 4.61. The molecule has 0 saturated heterocycles. The van der Waals surface area contributed by atoms with Crippen LogP contribution in [0.15, 0.2) is 24.3 Å². The Morgan fingerprint density at radius 3 is 2.50 bits per heavy atom. The molecule has 0 fully saturated rings. The Morgan fingerprint density at radius 2 is 2.00 bits per heavy atom. The summed E-state index contributed by atoms with van der Waals surface area (Å²) in [7, 11) is 0. The summed E-state index contributed by atoms with van der Waals surface area (Å²) in [6.07, 6.45) is 0.759. The van der Waals surface area contributed by atoms with E-state index in [0.29, 0.717) is 5.75 Å². The molecule has 3 nitrogen and oxygen atoms in total. The van der Waals surface area contributed by atoms with Crippen LogP contribution in [0.25, 0.3) is 0 Å². The minimum atomic E-state index is -0.412. The van der Waals surface area contributed by atoms with Crippen LogP contribution in [0.5, 0.6) is 0 Å². The van der Waals surface area contributed by atoms with E-state index >= 15 is 0 Å². The van der Waals surface area contributed by atoms with Crippen molar-refractivity contribution in [3.8, 4) is 0 Å². The third-order valence-corrected chi connectivity index (χ3v) is 3.12. The first kappa shape index (κ1) is 14.9. The molecule has 0 aromatic heterocycles. The van der Waals surface area contributed by atoms with Crippen molar-refractivity contribution >= 4 is 24.3 Å². The van der Waals surface area contributed by atoms with Crippen molar-refractivity contribution in [2.45, 2.75) is 39.3 Å². The summed E-state index contributed by atoms with van der Waals surface area (Å²) in [6, 6.07) is 7.48. The summed E-state index contributed by atoms with van der Waals surface area (Å²) in [5.74, 6) is 0.156. The number of carbonyl (C=O) groups excluding carboxylic acids is 1. The van der Waals surface area contributed by atoms with Gasteiger partial charge in [0.1, 0.15) is 6.04 Å². The van der Waals surface area contributed by atoms with E-state index in [-0.39, 0.29) is 12.1 Å². The second-order valence-corrected chi connectivity index (χ2v) is 4.77. The number of anilines is 1. The summed E-state index contributed by atoms with van der Waals surface area (Å²) in [5, 5.41) is 3.13. The van der Waals surface area contributed by atoms with Crippen molar-refractivity contribution in [2.24, 2.45) is 0 Å². The summed E-state index contributed by atoms with van der Waals surface area (Å²) >= 11 is 4.19. The maximum absolute atomic E-state index is 11.9. The fourth-order valence-electron chi connectivity index (χ4n) is 1.39. The lowest BCUT2D eigenvalue weighted by Gasteiger charge is -2.19. The van der Waals surface area contributed by atoms with Crippen LogP contribution >= 0.6 is 12.6 Å². The molecule has 1 N–H and O–H groups in total. The lowest BCUT2D eigenvalue weighted by molar-refractivity contribution is -0.148. The van der Waals surface area contributed by atoms with Crippen molar-refractivity contribution in [3.05, 3.63) is 29.8 Å². The summed E-state index contributed by atoms with van der Waals surface area (Å²) in [5.41, 5.74) is 2.09. The van der Waals surface area contributed by atoms with E-state index in [1.54, 1.807) is 0 Å². The maximum Gasteiger partial charge on any atom is 0.329 e. The predicted molar refractivity (Wildman–Crippen MR) is 78.3 cm³/mol. The van der Waals surface area contributed by atoms with E-state index in [1.165, 1.54) is 5.56 Å². The number of carbonyl (C=O) groups is 1. The van der Waals surface area contributed by atoms with Crippen molar-refractivity contribution < 1.29 is 9.53 Å². The molecule has 0 aliphatic heterocycles. The highest BCUT2D eigenvalue weighted by molar-refractivity contribution is 7.80. The fraction of sp³-hybridized carbons (Fsp3) is 0.500. The lowest BCUT2D eigenvalue weighted by Crippen LogP contribution is -2.34. The third-order valence-electron chi connectivity index (χ3n) is 2.75. The summed E-state index contributed by atoms with van der Waals surface area (Å²) in [4.78, 5) is 11.9. The Balaban J connectivity index is 2.61. The molecule has 0 aliphatic rings. The number of hydrogen-bond acceptors (Lipinski definition) is 4. The zero-order chi connectivity index (χ0) is 13.5. The summed E-state index contributed by atoms with van der Waals surface area (Å²) in [6.45, 7) is 5.90. The SMILES string of the molecule is CCC(C)OC(=O)[C@H](CS)Nc1ccc(C)cc1. The highest BCUT2D eigenvalue weighted by Crippen LogP contribution is 2.12. The second kappa shape index (κ2) is 7.31. The number of nitrogens with one attached hydrogen (secondary N) is 1. The van der Waals surface area contributed by atoms with Crippen LogP contribution < -0.4 is 5.32 Å². The van der Waals surface area contributed by atoms with E-state index in [1.807, 2.05) is 45.0 Å². The van der Waals surface area contributed by atoms with Gasteiger partial charge in [0.05, 0.1) is 6.10 Å². The number of esters is 1. The predicted octanol–water partition coefficient (Wildman–Crippen LogP) is 3.05. The van der Waals surface area contributed by atoms with Gasteiger partial charge in [-0.05, 0) is 32.4 Å². The molecular formula is C14H21NO2S. The number of ether oxygens (including phenoxy) is 1. The molecule has 0 spiro atoms. The van der Waals surface area contributed by atoms with E-state index < -0.39 is 6.04 Å². The van der Waals surface area contributed by atoms with Crippen LogP contribution in [0.2, 0.25) is 0 Å². The van der Waals surface area contributed by atoms with Crippen LogP contribution in [0.1, 0.15) is 25.8 Å². The Hall–Kier alpha value is -1.16. The van der Waals surface area contributed by atoms with Crippen LogP contribution in [-0.4, -0.2) is 23.9 Å². The van der Waals surface area contributed by atoms with E-state index in [9.17, 15) is 4.79 Å². The zero-order valence-electron chi connectivity index (χ0n) is 11.1. The average molecular weight is 267 g/mol. The van der Waals surface area contributed by atoms with Crippen LogP contribution in [0.4, 0.5) is 5.69 Å². The first-order valence-electron chi connectivity index (χ1n) is 6.21. The van der Waals surface area contributed by atoms with Crippen LogP contribution in [0.3, 0.4) is 0 Å². The molecule has 0 saturated carbocycles. The van der Waals surface area contributed by atoms with E-state index in [0.717, 1.165) is 12.1 Å². The minimum absolute atomic E-state index is 0.0558. The van der Waals surface area contributed by atoms with Gasteiger partial charge in [-0.3, -0.25) is 0 Å². The number of aryl methyl sites for hydroxylation is 1. The molecule has 0 aliphatic carbocycles. The van der Waals surface area contributed by atoms with Crippen molar-refractivity contribution in [3.63, 3.8) is 0 Å². The Kier molecular flexibility index (Phi) is 6.05. The molecule has 100 valence electrons. The second-order valence-electron chi connectivity index (χ2n) is 4.40. The molecule has 1 unspecified atom stereocenters. The molecule has 0 bridgehead atoms. The molecule has 1 aromatic rings. The number of thiol groups is 1. The molecule has 2 atom stereocenters. The monoisotopic (exact) mass is 267 g/mol. The Morgan fingerprint density at radius 1 is 1.39 bits per heavy atom.